The molecule has 1 fully saturated rings. The molecule has 6 nitrogen and oxygen atoms in total. The molecule has 1 aromatic carbocycles. The van der Waals surface area contributed by atoms with Crippen molar-refractivity contribution in [3.05, 3.63) is 29.3 Å². The van der Waals surface area contributed by atoms with Crippen LogP contribution in [-0.4, -0.2) is 45.1 Å². The summed E-state index contributed by atoms with van der Waals surface area (Å²) in [5.41, 5.74) is 0. The first-order chi connectivity index (χ1) is 10.4. The molecule has 1 amide bonds. The molecule has 1 N–H and O–H groups in total. The van der Waals surface area contributed by atoms with Crippen molar-refractivity contribution >= 4 is 27.7 Å². The summed E-state index contributed by atoms with van der Waals surface area (Å²) in [6.45, 7) is 3.02. The lowest BCUT2D eigenvalue weighted by molar-refractivity contribution is 0.0966. The molecule has 1 aliphatic rings. The van der Waals surface area contributed by atoms with Gasteiger partial charge < -0.3 is 9.64 Å². The number of hydrogen-bond acceptors (Lipinski definition) is 4. The predicted octanol–water partition coefficient (Wildman–Crippen LogP) is 2.24. The van der Waals surface area contributed by atoms with E-state index in [-0.39, 0.29) is 22.1 Å². The Hall–Kier alpha value is -1.31. The molecule has 1 saturated heterocycles. The third-order valence-electron chi connectivity index (χ3n) is 3.47. The maximum absolute atomic E-state index is 12.3. The molecule has 1 aliphatic heterocycles. The number of sulfonamides is 1. The number of amides is 1. The molecule has 0 aromatic heterocycles. The molecule has 0 spiro atoms. The number of rotatable bonds is 4. The van der Waals surface area contributed by atoms with Gasteiger partial charge in [-0.3, -0.25) is 0 Å². The smallest absolute Gasteiger partial charge is 0.409 e. The van der Waals surface area contributed by atoms with Crippen LogP contribution in [0.3, 0.4) is 0 Å². The van der Waals surface area contributed by atoms with Gasteiger partial charge in [0.25, 0.3) is 0 Å². The first kappa shape index (κ1) is 17.1. The monoisotopic (exact) mass is 346 g/mol. The Morgan fingerprint density at radius 1 is 1.36 bits per heavy atom. The van der Waals surface area contributed by atoms with Gasteiger partial charge in [-0.15, -0.1) is 0 Å². The van der Waals surface area contributed by atoms with Gasteiger partial charge in [0.1, 0.15) is 4.90 Å². The molecule has 1 heterocycles. The Morgan fingerprint density at radius 2 is 2.00 bits per heavy atom. The van der Waals surface area contributed by atoms with Crippen LogP contribution in [0.1, 0.15) is 19.8 Å². The van der Waals surface area contributed by atoms with Crippen molar-refractivity contribution in [3.8, 4) is 0 Å². The molecule has 122 valence electrons. The van der Waals surface area contributed by atoms with E-state index >= 15 is 0 Å². The summed E-state index contributed by atoms with van der Waals surface area (Å²) in [5.74, 6) is 0. The van der Waals surface area contributed by atoms with E-state index in [1.807, 2.05) is 0 Å². The highest BCUT2D eigenvalue weighted by molar-refractivity contribution is 7.89. The fraction of sp³-hybridized carbons (Fsp3) is 0.500. The van der Waals surface area contributed by atoms with E-state index in [1.54, 1.807) is 30.0 Å². The summed E-state index contributed by atoms with van der Waals surface area (Å²) in [6.07, 6.45) is 0.736. The SMILES string of the molecule is CCOC(=O)N1CCC(NS(=O)(=O)c2ccccc2Cl)CC1. The summed E-state index contributed by atoms with van der Waals surface area (Å²) in [4.78, 5) is 13.3. The first-order valence-corrected chi connectivity index (χ1v) is 8.98. The van der Waals surface area contributed by atoms with Gasteiger partial charge in [-0.1, -0.05) is 23.7 Å². The van der Waals surface area contributed by atoms with Crippen LogP contribution < -0.4 is 4.72 Å². The van der Waals surface area contributed by atoms with Gasteiger partial charge >= 0.3 is 6.09 Å². The fourth-order valence-electron chi connectivity index (χ4n) is 2.34. The average molecular weight is 347 g/mol. The number of carbonyl (C=O) groups is 1. The van der Waals surface area contributed by atoms with E-state index < -0.39 is 10.0 Å². The molecule has 22 heavy (non-hydrogen) atoms. The van der Waals surface area contributed by atoms with Gasteiger partial charge in [-0.2, -0.15) is 0 Å². The third-order valence-corrected chi connectivity index (χ3v) is 5.49. The number of likely N-dealkylation sites (tertiary alicyclic amines) is 1. The van der Waals surface area contributed by atoms with Crippen LogP contribution in [-0.2, 0) is 14.8 Å². The van der Waals surface area contributed by atoms with Crippen molar-refractivity contribution in [2.24, 2.45) is 0 Å². The molecule has 0 atom stereocenters. The van der Waals surface area contributed by atoms with Crippen LogP contribution in [0, 0.1) is 0 Å². The van der Waals surface area contributed by atoms with Crippen LogP contribution in [0.25, 0.3) is 0 Å². The number of halogens is 1. The number of hydrogen-bond donors (Lipinski definition) is 1. The van der Waals surface area contributed by atoms with Crippen molar-refractivity contribution in [2.75, 3.05) is 19.7 Å². The fourth-order valence-corrected chi connectivity index (χ4v) is 4.16. The minimum absolute atomic E-state index is 0.0736. The first-order valence-electron chi connectivity index (χ1n) is 7.12. The number of carbonyl (C=O) groups excluding carboxylic acids is 1. The number of ether oxygens (including phenoxy) is 1. The molecule has 1 aromatic rings. The maximum atomic E-state index is 12.3. The zero-order valence-corrected chi connectivity index (χ0v) is 13.9. The number of piperidine rings is 1. The lowest BCUT2D eigenvalue weighted by Gasteiger charge is -2.31. The second kappa shape index (κ2) is 7.30. The van der Waals surface area contributed by atoms with Gasteiger partial charge in [-0.05, 0) is 31.9 Å². The molecule has 0 saturated carbocycles. The summed E-state index contributed by atoms with van der Waals surface area (Å²) in [7, 11) is -3.66. The molecule has 0 aliphatic carbocycles. The van der Waals surface area contributed by atoms with Crippen molar-refractivity contribution in [1.82, 2.24) is 9.62 Å². The highest BCUT2D eigenvalue weighted by Gasteiger charge is 2.27. The van der Waals surface area contributed by atoms with Gasteiger partial charge in [-0.25, -0.2) is 17.9 Å². The standard InChI is InChI=1S/C14H19ClN2O4S/c1-2-21-14(18)17-9-7-11(8-10-17)16-22(19,20)13-6-4-3-5-12(13)15/h3-6,11,16H,2,7-10H2,1H3. The van der Waals surface area contributed by atoms with Crippen molar-refractivity contribution in [3.63, 3.8) is 0 Å². The Balaban J connectivity index is 1.96. The van der Waals surface area contributed by atoms with E-state index in [0.29, 0.717) is 32.5 Å². The number of nitrogens with zero attached hydrogens (tertiary/aromatic N) is 1. The third kappa shape index (κ3) is 4.12. The van der Waals surface area contributed by atoms with Crippen molar-refractivity contribution in [1.29, 1.82) is 0 Å². The second-order valence-electron chi connectivity index (χ2n) is 5.01. The molecule has 0 radical (unpaired) electrons. The van der Waals surface area contributed by atoms with E-state index in [0.717, 1.165) is 0 Å². The molecule has 2 rings (SSSR count). The van der Waals surface area contributed by atoms with Crippen LogP contribution >= 0.6 is 11.6 Å². The summed E-state index contributed by atoms with van der Waals surface area (Å²) >= 11 is 5.94. The van der Waals surface area contributed by atoms with E-state index in [2.05, 4.69) is 4.72 Å². The van der Waals surface area contributed by atoms with Gasteiger partial charge in [0.2, 0.25) is 10.0 Å². The van der Waals surface area contributed by atoms with Crippen LogP contribution in [0.15, 0.2) is 29.2 Å². The van der Waals surface area contributed by atoms with Crippen LogP contribution in [0.5, 0.6) is 0 Å². The number of nitrogens with one attached hydrogen (secondary N) is 1. The lowest BCUT2D eigenvalue weighted by Crippen LogP contribution is -2.46. The normalized spacial score (nSPS) is 16.5. The van der Waals surface area contributed by atoms with E-state index in [1.165, 1.54) is 6.07 Å². The van der Waals surface area contributed by atoms with Gasteiger partial charge in [0.05, 0.1) is 11.6 Å². The quantitative estimate of drug-likeness (QED) is 0.907. The van der Waals surface area contributed by atoms with Crippen molar-refractivity contribution < 1.29 is 17.9 Å². The highest BCUT2D eigenvalue weighted by atomic mass is 35.5. The summed E-state index contributed by atoms with van der Waals surface area (Å²) in [6, 6.07) is 6.10. The Labute approximate surface area is 135 Å². The highest BCUT2D eigenvalue weighted by Crippen LogP contribution is 2.22. The minimum Gasteiger partial charge on any atom is -0.450 e. The van der Waals surface area contributed by atoms with Gasteiger partial charge in [0.15, 0.2) is 0 Å². The maximum Gasteiger partial charge on any atom is 0.409 e. The zero-order valence-electron chi connectivity index (χ0n) is 12.3. The molecular formula is C14H19ClN2O4S. The minimum atomic E-state index is -3.66. The Kier molecular flexibility index (Phi) is 5.66. The average Bonchev–Trinajstić information content (AvgIpc) is 2.48. The largest absolute Gasteiger partial charge is 0.450 e. The predicted molar refractivity (Wildman–Crippen MR) is 83.4 cm³/mol. The summed E-state index contributed by atoms with van der Waals surface area (Å²) in [5, 5.41) is 0.193. The molecule has 0 bridgehead atoms. The van der Waals surface area contributed by atoms with Crippen LogP contribution in [0.4, 0.5) is 4.79 Å². The van der Waals surface area contributed by atoms with E-state index in [9.17, 15) is 13.2 Å². The summed E-state index contributed by atoms with van der Waals surface area (Å²) < 4.78 is 32.3. The number of benzene rings is 1. The second-order valence-corrected chi connectivity index (χ2v) is 7.10. The zero-order chi connectivity index (χ0) is 16.2. The topological polar surface area (TPSA) is 75.7 Å². The van der Waals surface area contributed by atoms with Gasteiger partial charge in [0, 0.05) is 19.1 Å². The van der Waals surface area contributed by atoms with E-state index in [4.69, 9.17) is 16.3 Å². The van der Waals surface area contributed by atoms with Crippen LogP contribution in [0.2, 0.25) is 5.02 Å². The molecule has 0 unspecified atom stereocenters. The molecule has 8 heteroatoms. The molecular weight excluding hydrogens is 328 g/mol. The van der Waals surface area contributed by atoms with Crippen molar-refractivity contribution in [2.45, 2.75) is 30.7 Å². The lowest BCUT2D eigenvalue weighted by atomic mass is 10.1. The Morgan fingerprint density at radius 3 is 2.59 bits per heavy atom. The Bertz CT molecular complexity index is 627.